The highest BCUT2D eigenvalue weighted by Crippen LogP contribution is 2.71. The Morgan fingerprint density at radius 1 is 0.889 bits per heavy atom. The smallest absolute Gasteiger partial charge is 0.232 e. The SMILES string of the molecule is C[C@H]1CC[C@@]2(OC1)O[C@H]1C[C@H]3[C@@H]4CC[C@@H]5CC(NC(=O)CC(=O)N6CC(N7CCOCC7)C6)CC[C@]5(C)C4CC[C@]3(C)[C@H]1[C@@H]2C. The summed E-state index contributed by atoms with van der Waals surface area (Å²) in [5.41, 5.74) is 0.724. The lowest BCUT2D eigenvalue weighted by atomic mass is 9.44. The van der Waals surface area contributed by atoms with Crippen molar-refractivity contribution in [3.8, 4) is 0 Å². The average Bonchev–Trinajstić information content (AvgIpc) is 3.44. The van der Waals surface area contributed by atoms with Crippen molar-refractivity contribution in [2.45, 2.75) is 122 Å². The number of ether oxygens (including phenoxy) is 3. The summed E-state index contributed by atoms with van der Waals surface area (Å²) in [6, 6.07) is 0.636. The van der Waals surface area contributed by atoms with Gasteiger partial charge in [0.15, 0.2) is 5.79 Å². The number of fused-ring (bicyclic) bond motifs is 7. The second-order valence-corrected chi connectivity index (χ2v) is 17.5. The lowest BCUT2D eigenvalue weighted by Gasteiger charge is -2.61. The molecule has 4 aliphatic carbocycles. The molecular weight excluding hydrogens is 566 g/mol. The highest BCUT2D eigenvalue weighted by Gasteiger charge is 2.69. The molecule has 8 heteroatoms. The summed E-state index contributed by atoms with van der Waals surface area (Å²) in [5, 5.41) is 3.31. The number of morpholine rings is 1. The van der Waals surface area contributed by atoms with Crippen molar-refractivity contribution in [2.75, 3.05) is 46.0 Å². The fourth-order valence-corrected chi connectivity index (χ4v) is 12.8. The maximum atomic E-state index is 13.0. The van der Waals surface area contributed by atoms with E-state index in [2.05, 4.69) is 37.9 Å². The summed E-state index contributed by atoms with van der Waals surface area (Å²) in [6.45, 7) is 15.8. The summed E-state index contributed by atoms with van der Waals surface area (Å²) in [7, 11) is 0. The Morgan fingerprint density at radius 3 is 2.42 bits per heavy atom. The number of rotatable bonds is 4. The summed E-state index contributed by atoms with van der Waals surface area (Å²) >= 11 is 0. The molecule has 2 unspecified atom stereocenters. The van der Waals surface area contributed by atoms with Gasteiger partial charge >= 0.3 is 0 Å². The van der Waals surface area contributed by atoms with Gasteiger partial charge in [0.05, 0.1) is 25.9 Å². The minimum absolute atomic E-state index is 0.00654. The van der Waals surface area contributed by atoms with E-state index in [4.69, 9.17) is 14.2 Å². The second kappa shape index (κ2) is 11.4. The van der Waals surface area contributed by atoms with Crippen molar-refractivity contribution in [1.82, 2.24) is 15.1 Å². The number of carbonyl (C=O) groups excluding carboxylic acids is 2. The highest BCUT2D eigenvalue weighted by atomic mass is 16.7. The van der Waals surface area contributed by atoms with E-state index in [1.54, 1.807) is 0 Å². The van der Waals surface area contributed by atoms with Gasteiger partial charge in [0, 0.05) is 50.6 Å². The van der Waals surface area contributed by atoms with Gasteiger partial charge in [0.1, 0.15) is 6.42 Å². The van der Waals surface area contributed by atoms with E-state index >= 15 is 0 Å². The van der Waals surface area contributed by atoms with Crippen molar-refractivity contribution >= 4 is 11.8 Å². The molecule has 4 saturated carbocycles. The van der Waals surface area contributed by atoms with Crippen LogP contribution in [0.15, 0.2) is 0 Å². The summed E-state index contributed by atoms with van der Waals surface area (Å²) in [5.74, 6) is 4.34. The van der Waals surface area contributed by atoms with E-state index in [1.165, 1.54) is 44.9 Å². The van der Waals surface area contributed by atoms with Crippen LogP contribution in [0.5, 0.6) is 0 Å². The van der Waals surface area contributed by atoms with Crippen LogP contribution >= 0.6 is 0 Å². The molecule has 8 aliphatic rings. The van der Waals surface area contributed by atoms with E-state index in [1.807, 2.05) is 4.90 Å². The van der Waals surface area contributed by atoms with Crippen LogP contribution in [-0.2, 0) is 23.8 Å². The predicted octanol–water partition coefficient (Wildman–Crippen LogP) is 4.85. The van der Waals surface area contributed by atoms with Gasteiger partial charge in [0.2, 0.25) is 11.8 Å². The highest BCUT2D eigenvalue weighted by molar-refractivity contribution is 5.97. The molecule has 1 N–H and O–H groups in total. The molecule has 12 atom stereocenters. The molecule has 2 amide bonds. The Bertz CT molecular complexity index is 1140. The number of hydrogen-bond donors (Lipinski definition) is 1. The first kappa shape index (κ1) is 31.1. The van der Waals surface area contributed by atoms with Gasteiger partial charge in [-0.1, -0.05) is 27.7 Å². The third-order valence-electron chi connectivity index (χ3n) is 15.4. The van der Waals surface area contributed by atoms with Gasteiger partial charge in [-0.3, -0.25) is 14.5 Å². The quantitative estimate of drug-likeness (QED) is 0.450. The molecule has 0 aromatic rings. The van der Waals surface area contributed by atoms with Gasteiger partial charge in [-0.25, -0.2) is 0 Å². The Labute approximate surface area is 271 Å². The molecule has 0 aromatic carbocycles. The van der Waals surface area contributed by atoms with Crippen molar-refractivity contribution in [3.63, 3.8) is 0 Å². The van der Waals surface area contributed by atoms with Gasteiger partial charge < -0.3 is 24.4 Å². The zero-order chi connectivity index (χ0) is 31.1. The first-order valence-corrected chi connectivity index (χ1v) is 18.8. The van der Waals surface area contributed by atoms with Crippen molar-refractivity contribution in [2.24, 2.45) is 52.3 Å². The van der Waals surface area contributed by atoms with E-state index < -0.39 is 0 Å². The third-order valence-corrected chi connectivity index (χ3v) is 15.4. The summed E-state index contributed by atoms with van der Waals surface area (Å²) in [4.78, 5) is 30.2. The largest absolute Gasteiger partial charge is 0.379 e. The van der Waals surface area contributed by atoms with Gasteiger partial charge in [-0.2, -0.15) is 0 Å². The van der Waals surface area contributed by atoms with Crippen molar-refractivity contribution in [3.05, 3.63) is 0 Å². The first-order valence-electron chi connectivity index (χ1n) is 18.8. The van der Waals surface area contributed by atoms with E-state index in [0.717, 1.165) is 83.0 Å². The van der Waals surface area contributed by atoms with Gasteiger partial charge in [0.25, 0.3) is 0 Å². The topological polar surface area (TPSA) is 80.3 Å². The molecular formula is C37H59N3O5. The molecule has 45 heavy (non-hydrogen) atoms. The molecule has 8 nitrogen and oxygen atoms in total. The zero-order valence-corrected chi connectivity index (χ0v) is 28.4. The van der Waals surface area contributed by atoms with Crippen molar-refractivity contribution < 1.29 is 23.8 Å². The van der Waals surface area contributed by atoms with Crippen molar-refractivity contribution in [1.29, 1.82) is 0 Å². The molecule has 4 aliphatic heterocycles. The van der Waals surface area contributed by atoms with Crippen LogP contribution < -0.4 is 5.32 Å². The van der Waals surface area contributed by atoms with Crippen LogP contribution in [0.25, 0.3) is 0 Å². The predicted molar refractivity (Wildman–Crippen MR) is 171 cm³/mol. The number of amides is 2. The number of hydrogen-bond acceptors (Lipinski definition) is 6. The fourth-order valence-electron chi connectivity index (χ4n) is 12.8. The van der Waals surface area contributed by atoms with Crippen LogP contribution in [0, 0.1) is 52.3 Å². The Hall–Kier alpha value is -1.22. The Kier molecular flexibility index (Phi) is 7.90. The monoisotopic (exact) mass is 625 g/mol. The van der Waals surface area contributed by atoms with Crippen LogP contribution in [-0.4, -0.2) is 91.6 Å². The van der Waals surface area contributed by atoms with Crippen LogP contribution in [0.2, 0.25) is 0 Å². The maximum absolute atomic E-state index is 13.0. The van der Waals surface area contributed by atoms with Crippen LogP contribution in [0.3, 0.4) is 0 Å². The number of carbonyl (C=O) groups is 2. The lowest BCUT2D eigenvalue weighted by Crippen LogP contribution is -2.63. The number of nitrogens with one attached hydrogen (secondary N) is 1. The van der Waals surface area contributed by atoms with E-state index in [9.17, 15) is 9.59 Å². The normalized spacial score (nSPS) is 49.9. The minimum Gasteiger partial charge on any atom is -0.379 e. The molecule has 252 valence electrons. The minimum atomic E-state index is -0.329. The van der Waals surface area contributed by atoms with E-state index in [0.29, 0.717) is 46.6 Å². The maximum Gasteiger partial charge on any atom is 0.232 e. The van der Waals surface area contributed by atoms with E-state index in [-0.39, 0.29) is 30.1 Å². The average molecular weight is 626 g/mol. The fraction of sp³-hybridized carbons (Fsp3) is 0.946. The van der Waals surface area contributed by atoms with Gasteiger partial charge in [-0.05, 0) is 104 Å². The number of likely N-dealkylation sites (tertiary alicyclic amines) is 1. The summed E-state index contributed by atoms with van der Waals surface area (Å²) in [6.07, 6.45) is 12.5. The molecule has 8 rings (SSSR count). The molecule has 0 bridgehead atoms. The molecule has 4 heterocycles. The lowest BCUT2D eigenvalue weighted by molar-refractivity contribution is -0.273. The van der Waals surface area contributed by atoms with Crippen LogP contribution in [0.1, 0.15) is 98.3 Å². The Balaban J connectivity index is 0.853. The molecule has 1 spiro atoms. The third kappa shape index (κ3) is 5.04. The molecule has 0 radical (unpaired) electrons. The van der Waals surface area contributed by atoms with Crippen LogP contribution in [0.4, 0.5) is 0 Å². The van der Waals surface area contributed by atoms with Gasteiger partial charge in [-0.15, -0.1) is 0 Å². The second-order valence-electron chi connectivity index (χ2n) is 17.5. The standard InChI is InChI=1S/C37H59N3O5/c1-23-7-12-37(44-22-23)24(2)34-31(45-37)18-30-28-6-5-25-17-26(8-10-35(25,3)29(28)9-11-36(30,34)4)38-32(41)19-33(42)40-20-27(21-40)39-13-15-43-16-14-39/h23-31,34H,5-22H2,1-4H3,(H,38,41)/t23-,24-,25+,26?,28+,29?,30-,31-,34-,35-,36-,37+/m0/s1. The number of nitrogens with zero attached hydrogens (tertiary/aromatic N) is 2. The zero-order valence-electron chi connectivity index (χ0n) is 28.4. The Morgan fingerprint density at radius 2 is 1.67 bits per heavy atom. The summed E-state index contributed by atoms with van der Waals surface area (Å²) < 4.78 is 19.0. The molecule has 8 fully saturated rings. The molecule has 4 saturated heterocycles. The first-order chi connectivity index (χ1) is 21.6. The molecule has 0 aromatic heterocycles.